The van der Waals surface area contributed by atoms with Crippen LogP contribution in [-0.2, 0) is 20.9 Å². The first-order valence-corrected chi connectivity index (χ1v) is 16.6. The number of hydrogen-bond donors (Lipinski definition) is 0. The Morgan fingerprint density at radius 1 is 1.05 bits per heavy atom. The molecule has 0 heterocycles. The SMILES string of the molecule is C[SiH](C)[Zr+2]([C]1=CC=CC1)[C]1=C(C(C)(C)C)C=CC1.[Cl-].[Cl-]. The second-order valence-corrected chi connectivity index (χ2v) is 26.0. The molecule has 0 aliphatic heterocycles. The fourth-order valence-corrected chi connectivity index (χ4v) is 23.1. The summed E-state index contributed by atoms with van der Waals surface area (Å²) in [5, 5.41) is 0. The van der Waals surface area contributed by atoms with Crippen LogP contribution in [0.1, 0.15) is 33.6 Å². The Morgan fingerprint density at radius 3 is 2.15 bits per heavy atom. The molecule has 4 heteroatoms. The van der Waals surface area contributed by atoms with E-state index < -0.39 is 26.8 Å². The average Bonchev–Trinajstić information content (AvgIpc) is 2.86. The minimum atomic E-state index is -1.47. The number of hydrogen-bond acceptors (Lipinski definition) is 0. The molecule has 0 amide bonds. The summed E-state index contributed by atoms with van der Waals surface area (Å²) in [5.41, 5.74) is 2.02. The third kappa shape index (κ3) is 4.57. The normalized spacial score (nSPS) is 17.2. The van der Waals surface area contributed by atoms with Crippen LogP contribution in [0.5, 0.6) is 0 Å². The van der Waals surface area contributed by atoms with Crippen molar-refractivity contribution < 1.29 is 45.7 Å². The maximum atomic E-state index is 2.58. The Bertz CT molecular complexity index is 454. The molecule has 0 nitrogen and oxygen atoms in total. The first-order chi connectivity index (χ1) is 8.41. The Kier molecular flexibility index (Phi) is 8.59. The Labute approximate surface area is 145 Å². The Balaban J connectivity index is 0.00000180. The van der Waals surface area contributed by atoms with Gasteiger partial charge in [-0.25, -0.2) is 0 Å². The summed E-state index contributed by atoms with van der Waals surface area (Å²) in [6.45, 7) is 12.3. The second kappa shape index (κ2) is 8.32. The quantitative estimate of drug-likeness (QED) is 0.511. The van der Waals surface area contributed by atoms with Gasteiger partial charge in [-0.3, -0.25) is 0 Å². The molecule has 2 aliphatic rings. The molecule has 20 heavy (non-hydrogen) atoms. The molecule has 0 bridgehead atoms. The van der Waals surface area contributed by atoms with E-state index in [-0.39, 0.29) is 24.8 Å². The van der Waals surface area contributed by atoms with Gasteiger partial charge in [-0.15, -0.1) is 0 Å². The molecule has 0 N–H and O–H groups in total. The van der Waals surface area contributed by atoms with Crippen LogP contribution in [0.25, 0.3) is 0 Å². The monoisotopic (exact) mass is 405 g/mol. The standard InChI is InChI=1S/C9H13.C5H5.C2H7Si.2ClH.Zr/c1-9(2,3)8-6-4-5-7-8;1-2-4-5-3-1;1-3-2;;;/h4,6H,5H2,1-3H3;1-3H,4H2;3H,1-2H3;2*1H;/q;;;;;+2/p-2. The average molecular weight is 408 g/mol. The van der Waals surface area contributed by atoms with Crippen molar-refractivity contribution in [2.75, 3.05) is 0 Å². The summed E-state index contributed by atoms with van der Waals surface area (Å²) in [6.07, 6.45) is 14.5. The minimum absolute atomic E-state index is 0. The van der Waals surface area contributed by atoms with Gasteiger partial charge in [-0.2, -0.15) is 0 Å². The van der Waals surface area contributed by atoms with E-state index in [1.807, 2.05) is 6.56 Å². The zero-order valence-electron chi connectivity index (χ0n) is 13.1. The van der Waals surface area contributed by atoms with Crippen molar-refractivity contribution in [2.24, 2.45) is 5.41 Å². The largest absolute Gasteiger partial charge is 1.00 e. The molecule has 2 rings (SSSR count). The van der Waals surface area contributed by atoms with Gasteiger partial charge < -0.3 is 24.8 Å². The van der Waals surface area contributed by atoms with E-state index >= 15 is 0 Å². The van der Waals surface area contributed by atoms with Gasteiger partial charge in [-0.1, -0.05) is 0 Å². The van der Waals surface area contributed by atoms with Gasteiger partial charge >= 0.3 is 121 Å². The van der Waals surface area contributed by atoms with Gasteiger partial charge in [-0.05, 0) is 0 Å². The predicted molar refractivity (Wildman–Crippen MR) is 81.0 cm³/mol. The molecule has 0 aromatic rings. The summed E-state index contributed by atoms with van der Waals surface area (Å²) in [5.74, 6) is -0.512. The van der Waals surface area contributed by atoms with Crippen LogP contribution in [0.4, 0.5) is 0 Å². The summed E-state index contributed by atoms with van der Waals surface area (Å²) < 4.78 is 3.78. The maximum Gasteiger partial charge on any atom is -1.00 e. The summed E-state index contributed by atoms with van der Waals surface area (Å²) in [7, 11) is 0. The molecule has 0 atom stereocenters. The minimum Gasteiger partial charge on any atom is -1.00 e. The molecule has 0 aromatic carbocycles. The van der Waals surface area contributed by atoms with Gasteiger partial charge in [0.25, 0.3) is 0 Å². The van der Waals surface area contributed by atoms with Crippen molar-refractivity contribution in [3.63, 3.8) is 0 Å². The predicted octanol–water partition coefficient (Wildman–Crippen LogP) is -1.30. The van der Waals surface area contributed by atoms with Crippen molar-refractivity contribution in [3.8, 4) is 0 Å². The van der Waals surface area contributed by atoms with E-state index in [1.54, 1.807) is 5.57 Å². The number of allylic oxidation sites excluding steroid dienone is 8. The van der Waals surface area contributed by atoms with E-state index in [0.717, 1.165) is 0 Å². The second-order valence-electron chi connectivity index (χ2n) is 6.64. The summed E-state index contributed by atoms with van der Waals surface area (Å²) >= 11 is -1.47. The summed E-state index contributed by atoms with van der Waals surface area (Å²) in [6, 6.07) is 0. The van der Waals surface area contributed by atoms with Crippen LogP contribution in [0, 0.1) is 5.41 Å². The van der Waals surface area contributed by atoms with Crippen LogP contribution >= 0.6 is 0 Å². The van der Waals surface area contributed by atoms with E-state index in [1.165, 1.54) is 12.8 Å². The molecule has 0 saturated heterocycles. The van der Waals surface area contributed by atoms with Gasteiger partial charge in [0.2, 0.25) is 0 Å². The molecule has 111 valence electrons. The van der Waals surface area contributed by atoms with Crippen molar-refractivity contribution in [2.45, 2.75) is 46.7 Å². The van der Waals surface area contributed by atoms with Crippen molar-refractivity contribution in [1.82, 2.24) is 0 Å². The first-order valence-electron chi connectivity index (χ1n) is 7.04. The molecule has 2 aliphatic carbocycles. The zero-order valence-corrected chi connectivity index (χ0v) is 18.3. The van der Waals surface area contributed by atoms with Crippen LogP contribution < -0.4 is 24.8 Å². The van der Waals surface area contributed by atoms with Crippen LogP contribution in [0.15, 0.2) is 42.5 Å². The zero-order chi connectivity index (χ0) is 13.3. The third-order valence-electron chi connectivity index (χ3n) is 3.76. The molecule has 0 spiro atoms. The van der Waals surface area contributed by atoms with Crippen molar-refractivity contribution in [1.29, 1.82) is 0 Å². The molecular formula is C16H25Cl2SiZr. The van der Waals surface area contributed by atoms with E-state index in [2.05, 4.69) is 64.2 Å². The van der Waals surface area contributed by atoms with Crippen molar-refractivity contribution >= 4 is 5.92 Å². The third-order valence-corrected chi connectivity index (χ3v) is 23.1. The molecule has 0 aromatic heterocycles. The topological polar surface area (TPSA) is 0 Å². The van der Waals surface area contributed by atoms with Gasteiger partial charge in [0.15, 0.2) is 0 Å². The number of halogens is 2. The molecule has 0 radical (unpaired) electrons. The maximum absolute atomic E-state index is 2.58. The van der Waals surface area contributed by atoms with Crippen LogP contribution in [0.2, 0.25) is 13.1 Å². The van der Waals surface area contributed by atoms with Crippen LogP contribution in [0.3, 0.4) is 0 Å². The summed E-state index contributed by atoms with van der Waals surface area (Å²) in [4.78, 5) is 0. The Morgan fingerprint density at radius 2 is 1.70 bits per heavy atom. The van der Waals surface area contributed by atoms with Gasteiger partial charge in [0, 0.05) is 0 Å². The smallest absolute Gasteiger partial charge is 1.00 e. The number of rotatable bonds is 3. The molecule has 0 fully saturated rings. The van der Waals surface area contributed by atoms with E-state index in [4.69, 9.17) is 0 Å². The van der Waals surface area contributed by atoms with E-state index in [9.17, 15) is 0 Å². The van der Waals surface area contributed by atoms with Gasteiger partial charge in [0.1, 0.15) is 0 Å². The fraction of sp³-hybridized carbons (Fsp3) is 0.500. The molecule has 0 unspecified atom stereocenters. The molecular weight excluding hydrogens is 382 g/mol. The van der Waals surface area contributed by atoms with E-state index in [0.29, 0.717) is 5.41 Å². The van der Waals surface area contributed by atoms with Crippen molar-refractivity contribution in [3.05, 3.63) is 42.5 Å². The molecule has 0 saturated carbocycles. The Hall–Kier alpha value is 0.640. The van der Waals surface area contributed by atoms with Crippen LogP contribution in [-0.4, -0.2) is 5.92 Å². The van der Waals surface area contributed by atoms with Gasteiger partial charge in [0.05, 0.1) is 0 Å². The first kappa shape index (κ1) is 20.6. The fourth-order valence-electron chi connectivity index (χ4n) is 3.02.